The number of rotatable bonds is 2. The lowest BCUT2D eigenvalue weighted by molar-refractivity contribution is 0.00578. The van der Waals surface area contributed by atoms with Crippen LogP contribution in [0.25, 0.3) is 11.1 Å². The fourth-order valence-electron chi connectivity index (χ4n) is 3.53. The first-order valence-corrected chi connectivity index (χ1v) is 9.87. The minimum absolute atomic E-state index is 0.384. The summed E-state index contributed by atoms with van der Waals surface area (Å²) in [4.78, 5) is 0. The highest BCUT2D eigenvalue weighted by Gasteiger charge is 2.51. The minimum atomic E-state index is -0.434. The van der Waals surface area contributed by atoms with Gasteiger partial charge in [-0.3, -0.25) is 0 Å². The molecule has 0 bridgehead atoms. The van der Waals surface area contributed by atoms with Gasteiger partial charge in [0, 0.05) is 0 Å². The van der Waals surface area contributed by atoms with E-state index in [4.69, 9.17) is 18.8 Å². The second-order valence-corrected chi connectivity index (χ2v) is 8.53. The minimum Gasteiger partial charge on any atom is -0.450 e. The molecule has 29 heavy (non-hydrogen) atoms. The summed E-state index contributed by atoms with van der Waals surface area (Å²) in [6.45, 7) is 8.19. The molecule has 146 valence electrons. The fourth-order valence-corrected chi connectivity index (χ4v) is 3.53. The average Bonchev–Trinajstić information content (AvgIpc) is 2.93. The van der Waals surface area contributed by atoms with Gasteiger partial charge in [0.15, 0.2) is 23.0 Å². The molecule has 1 saturated heterocycles. The van der Waals surface area contributed by atoms with Gasteiger partial charge in [-0.05, 0) is 68.6 Å². The number of benzene rings is 3. The molecular formula is C24H23BO4. The third kappa shape index (κ3) is 3.11. The van der Waals surface area contributed by atoms with Gasteiger partial charge in [-0.2, -0.15) is 0 Å². The van der Waals surface area contributed by atoms with Gasteiger partial charge in [-0.25, -0.2) is 0 Å². The average molecular weight is 386 g/mol. The first-order chi connectivity index (χ1) is 13.8. The molecule has 2 aliphatic heterocycles. The van der Waals surface area contributed by atoms with Crippen LogP contribution < -0.4 is 14.9 Å². The van der Waals surface area contributed by atoms with Crippen LogP contribution in [0.4, 0.5) is 0 Å². The summed E-state index contributed by atoms with van der Waals surface area (Å²) in [5.41, 5.74) is 2.37. The van der Waals surface area contributed by atoms with Gasteiger partial charge < -0.3 is 18.8 Å². The molecule has 5 heteroatoms. The smallest absolute Gasteiger partial charge is 0.450 e. The Balaban J connectivity index is 1.43. The third-order valence-electron chi connectivity index (χ3n) is 5.98. The summed E-state index contributed by atoms with van der Waals surface area (Å²) < 4.78 is 24.6. The van der Waals surface area contributed by atoms with Crippen molar-refractivity contribution in [3.05, 3.63) is 66.7 Å². The van der Waals surface area contributed by atoms with Crippen LogP contribution in [0.3, 0.4) is 0 Å². The molecule has 5 rings (SSSR count). The van der Waals surface area contributed by atoms with Gasteiger partial charge in [0.2, 0.25) is 0 Å². The van der Waals surface area contributed by atoms with Crippen molar-refractivity contribution < 1.29 is 18.8 Å². The van der Waals surface area contributed by atoms with Crippen LogP contribution in [0.15, 0.2) is 66.7 Å². The normalized spacial score (nSPS) is 18.4. The Kier molecular flexibility index (Phi) is 4.02. The van der Waals surface area contributed by atoms with E-state index in [2.05, 4.69) is 12.1 Å². The summed E-state index contributed by atoms with van der Waals surface area (Å²) in [5.74, 6) is 2.76. The topological polar surface area (TPSA) is 36.9 Å². The van der Waals surface area contributed by atoms with Crippen molar-refractivity contribution in [2.45, 2.75) is 38.9 Å². The first kappa shape index (κ1) is 18.3. The van der Waals surface area contributed by atoms with Crippen molar-refractivity contribution in [3.8, 4) is 34.1 Å². The number of ether oxygens (including phenoxy) is 2. The molecule has 0 aromatic heterocycles. The number of hydrogen-bond donors (Lipinski definition) is 0. The molecule has 2 heterocycles. The van der Waals surface area contributed by atoms with Gasteiger partial charge in [-0.1, -0.05) is 42.5 Å². The molecule has 4 nitrogen and oxygen atoms in total. The molecule has 0 saturated carbocycles. The largest absolute Gasteiger partial charge is 0.494 e. The maximum absolute atomic E-state index is 6.16. The first-order valence-electron chi connectivity index (χ1n) is 9.87. The standard InChI is InChI=1S/C24H23BO4/c1-23(2)24(3,4)29-25(28-23)18-11-13-20-22(15-18)27-19-12-10-17(14-21(19)26-20)16-8-6-5-7-9-16/h5-15H,1-4H3. The SMILES string of the molecule is CC1(C)OB(c2ccc3c(c2)Oc2ccc(-c4ccccc4)cc2O3)OC1(C)C. The third-order valence-corrected chi connectivity index (χ3v) is 5.98. The van der Waals surface area contributed by atoms with Gasteiger partial charge in [0.05, 0.1) is 11.2 Å². The predicted molar refractivity (Wildman–Crippen MR) is 114 cm³/mol. The molecule has 0 aliphatic carbocycles. The Labute approximate surface area is 171 Å². The van der Waals surface area contributed by atoms with Crippen LogP contribution in [0.2, 0.25) is 0 Å². The van der Waals surface area contributed by atoms with Gasteiger partial charge in [0.1, 0.15) is 0 Å². The van der Waals surface area contributed by atoms with E-state index in [0.29, 0.717) is 23.0 Å². The molecular weight excluding hydrogens is 363 g/mol. The molecule has 3 aromatic carbocycles. The quantitative estimate of drug-likeness (QED) is 0.423. The zero-order valence-electron chi connectivity index (χ0n) is 17.1. The second-order valence-electron chi connectivity index (χ2n) is 8.53. The van der Waals surface area contributed by atoms with Crippen molar-refractivity contribution >= 4 is 12.6 Å². The van der Waals surface area contributed by atoms with E-state index >= 15 is 0 Å². The van der Waals surface area contributed by atoms with Gasteiger partial charge in [0.25, 0.3) is 0 Å². The molecule has 3 aromatic rings. The maximum atomic E-state index is 6.16. The van der Waals surface area contributed by atoms with Crippen molar-refractivity contribution in [2.75, 3.05) is 0 Å². The van der Waals surface area contributed by atoms with E-state index in [0.717, 1.165) is 16.6 Å². The highest BCUT2D eigenvalue weighted by Crippen LogP contribution is 2.46. The highest BCUT2D eigenvalue weighted by atomic mass is 16.7. The molecule has 0 radical (unpaired) electrons. The van der Waals surface area contributed by atoms with Crippen LogP contribution in [-0.4, -0.2) is 18.3 Å². The molecule has 2 aliphatic rings. The zero-order chi connectivity index (χ0) is 20.2. The van der Waals surface area contributed by atoms with Crippen LogP contribution in [0.5, 0.6) is 23.0 Å². The van der Waals surface area contributed by atoms with Crippen molar-refractivity contribution in [3.63, 3.8) is 0 Å². The molecule has 0 atom stereocenters. The Morgan fingerprint density at radius 2 is 1.17 bits per heavy atom. The summed E-state index contributed by atoms with van der Waals surface area (Å²) >= 11 is 0. The highest BCUT2D eigenvalue weighted by molar-refractivity contribution is 6.62. The van der Waals surface area contributed by atoms with Crippen LogP contribution in [0, 0.1) is 0 Å². The molecule has 0 amide bonds. The predicted octanol–water partition coefficient (Wildman–Crippen LogP) is 5.55. The van der Waals surface area contributed by atoms with Crippen LogP contribution in [0.1, 0.15) is 27.7 Å². The lowest BCUT2D eigenvalue weighted by Crippen LogP contribution is -2.41. The summed E-state index contributed by atoms with van der Waals surface area (Å²) in [6.07, 6.45) is 0. The summed E-state index contributed by atoms with van der Waals surface area (Å²) in [5, 5.41) is 0. The Hall–Kier alpha value is -2.76. The van der Waals surface area contributed by atoms with E-state index in [1.165, 1.54) is 0 Å². The summed E-state index contributed by atoms with van der Waals surface area (Å²) in [6, 6.07) is 22.0. The van der Waals surface area contributed by atoms with E-state index in [1.807, 2.05) is 82.3 Å². The Bertz CT molecular complexity index is 1060. The molecule has 0 N–H and O–H groups in total. The van der Waals surface area contributed by atoms with E-state index in [9.17, 15) is 0 Å². The van der Waals surface area contributed by atoms with Crippen LogP contribution >= 0.6 is 0 Å². The lowest BCUT2D eigenvalue weighted by atomic mass is 9.79. The van der Waals surface area contributed by atoms with E-state index in [1.54, 1.807) is 0 Å². The van der Waals surface area contributed by atoms with Gasteiger partial charge in [-0.15, -0.1) is 0 Å². The number of fused-ring (bicyclic) bond motifs is 2. The van der Waals surface area contributed by atoms with E-state index in [-0.39, 0.29) is 11.2 Å². The Morgan fingerprint density at radius 3 is 1.83 bits per heavy atom. The molecule has 1 fully saturated rings. The van der Waals surface area contributed by atoms with Crippen LogP contribution in [-0.2, 0) is 9.31 Å². The van der Waals surface area contributed by atoms with Crippen molar-refractivity contribution in [1.82, 2.24) is 0 Å². The monoisotopic (exact) mass is 386 g/mol. The maximum Gasteiger partial charge on any atom is 0.494 e. The summed E-state index contributed by atoms with van der Waals surface area (Å²) in [7, 11) is -0.434. The second kappa shape index (κ2) is 6.38. The molecule has 0 spiro atoms. The van der Waals surface area contributed by atoms with Gasteiger partial charge >= 0.3 is 7.12 Å². The lowest BCUT2D eigenvalue weighted by Gasteiger charge is -2.32. The van der Waals surface area contributed by atoms with Crippen molar-refractivity contribution in [2.24, 2.45) is 0 Å². The number of hydrogen-bond acceptors (Lipinski definition) is 4. The zero-order valence-corrected chi connectivity index (χ0v) is 17.1. The fraction of sp³-hybridized carbons (Fsp3) is 0.250. The Morgan fingerprint density at radius 1 is 0.586 bits per heavy atom. The van der Waals surface area contributed by atoms with Crippen molar-refractivity contribution in [1.29, 1.82) is 0 Å². The molecule has 0 unspecified atom stereocenters. The van der Waals surface area contributed by atoms with E-state index < -0.39 is 7.12 Å².